The summed E-state index contributed by atoms with van der Waals surface area (Å²) in [6, 6.07) is 6.86. The molecule has 4 heteroatoms. The Morgan fingerprint density at radius 2 is 1.85 bits per heavy atom. The molecule has 0 heterocycles. The van der Waals surface area contributed by atoms with Crippen LogP contribution in [0, 0.1) is 0 Å². The van der Waals surface area contributed by atoms with E-state index in [1.807, 2.05) is 0 Å². The van der Waals surface area contributed by atoms with Crippen molar-refractivity contribution in [2.45, 2.75) is 4.83 Å². The SMILES string of the molecule is O=CC(Br)C(=O)c1ccc(Br)cc1. The summed E-state index contributed by atoms with van der Waals surface area (Å²) in [6.07, 6.45) is 0.574. The molecule has 1 aromatic carbocycles. The van der Waals surface area contributed by atoms with Gasteiger partial charge in [0.25, 0.3) is 0 Å². The Kier molecular flexibility index (Phi) is 3.81. The van der Waals surface area contributed by atoms with E-state index < -0.39 is 4.83 Å². The molecule has 0 saturated heterocycles. The monoisotopic (exact) mass is 304 g/mol. The molecule has 0 aliphatic heterocycles. The summed E-state index contributed by atoms with van der Waals surface area (Å²) < 4.78 is 0.904. The lowest BCUT2D eigenvalue weighted by Gasteiger charge is -2.00. The van der Waals surface area contributed by atoms with Crippen LogP contribution < -0.4 is 0 Å². The zero-order chi connectivity index (χ0) is 9.84. The summed E-state index contributed by atoms with van der Waals surface area (Å²) in [7, 11) is 0. The molecule has 68 valence electrons. The molecule has 0 N–H and O–H groups in total. The van der Waals surface area contributed by atoms with Gasteiger partial charge < -0.3 is 4.79 Å². The van der Waals surface area contributed by atoms with Crippen LogP contribution in [0.25, 0.3) is 0 Å². The lowest BCUT2D eigenvalue weighted by atomic mass is 10.1. The molecule has 0 saturated carbocycles. The minimum Gasteiger partial charge on any atom is -0.302 e. The van der Waals surface area contributed by atoms with E-state index in [1.54, 1.807) is 24.3 Å². The third kappa shape index (κ3) is 2.74. The molecule has 0 radical (unpaired) electrons. The number of benzene rings is 1. The van der Waals surface area contributed by atoms with Gasteiger partial charge in [-0.05, 0) is 12.1 Å². The van der Waals surface area contributed by atoms with E-state index in [2.05, 4.69) is 31.9 Å². The molecule has 13 heavy (non-hydrogen) atoms. The average Bonchev–Trinajstić information content (AvgIpc) is 2.17. The van der Waals surface area contributed by atoms with Crippen molar-refractivity contribution >= 4 is 43.9 Å². The molecule has 0 aliphatic carbocycles. The fraction of sp³-hybridized carbons (Fsp3) is 0.111. The Hall–Kier alpha value is -0.480. The number of carbonyl (C=O) groups is 2. The maximum absolute atomic E-state index is 11.4. The van der Waals surface area contributed by atoms with Gasteiger partial charge in [0.05, 0.1) is 0 Å². The van der Waals surface area contributed by atoms with Crippen LogP contribution >= 0.6 is 31.9 Å². The van der Waals surface area contributed by atoms with Crippen LogP contribution in [0.4, 0.5) is 0 Å². The van der Waals surface area contributed by atoms with Crippen LogP contribution in [0.15, 0.2) is 28.7 Å². The number of alkyl halides is 1. The second-order valence-corrected chi connectivity index (χ2v) is 4.31. The third-order valence-corrected chi connectivity index (χ3v) is 2.66. The molecule has 0 fully saturated rings. The van der Waals surface area contributed by atoms with E-state index in [4.69, 9.17) is 0 Å². The zero-order valence-corrected chi connectivity index (χ0v) is 9.71. The van der Waals surface area contributed by atoms with Gasteiger partial charge in [-0.2, -0.15) is 0 Å². The third-order valence-electron chi connectivity index (χ3n) is 1.50. The summed E-state index contributed by atoms with van der Waals surface area (Å²) >= 11 is 6.22. The van der Waals surface area contributed by atoms with E-state index in [0.29, 0.717) is 11.8 Å². The van der Waals surface area contributed by atoms with Crippen molar-refractivity contribution in [2.75, 3.05) is 0 Å². The van der Waals surface area contributed by atoms with Gasteiger partial charge in [0.2, 0.25) is 0 Å². The van der Waals surface area contributed by atoms with Crippen molar-refractivity contribution in [2.24, 2.45) is 0 Å². The van der Waals surface area contributed by atoms with Crippen molar-refractivity contribution in [3.8, 4) is 0 Å². The van der Waals surface area contributed by atoms with Gasteiger partial charge in [0, 0.05) is 10.0 Å². The van der Waals surface area contributed by atoms with Gasteiger partial charge in [-0.15, -0.1) is 0 Å². The highest BCUT2D eigenvalue weighted by Gasteiger charge is 2.14. The topological polar surface area (TPSA) is 34.1 Å². The summed E-state index contributed by atoms with van der Waals surface area (Å²) in [4.78, 5) is 21.0. The van der Waals surface area contributed by atoms with Gasteiger partial charge in [-0.1, -0.05) is 44.0 Å². The molecule has 0 spiro atoms. The Morgan fingerprint density at radius 3 is 2.31 bits per heavy atom. The smallest absolute Gasteiger partial charge is 0.183 e. The highest BCUT2D eigenvalue weighted by Crippen LogP contribution is 2.13. The van der Waals surface area contributed by atoms with Crippen molar-refractivity contribution in [3.05, 3.63) is 34.3 Å². The average molecular weight is 306 g/mol. The zero-order valence-electron chi connectivity index (χ0n) is 6.54. The highest BCUT2D eigenvalue weighted by atomic mass is 79.9. The Balaban J connectivity index is 2.89. The number of aldehydes is 1. The number of hydrogen-bond acceptors (Lipinski definition) is 2. The van der Waals surface area contributed by atoms with E-state index in [0.717, 1.165) is 4.47 Å². The lowest BCUT2D eigenvalue weighted by Crippen LogP contribution is -2.14. The van der Waals surface area contributed by atoms with Crippen molar-refractivity contribution in [3.63, 3.8) is 0 Å². The van der Waals surface area contributed by atoms with Crippen molar-refractivity contribution in [1.82, 2.24) is 0 Å². The van der Waals surface area contributed by atoms with Crippen molar-refractivity contribution < 1.29 is 9.59 Å². The highest BCUT2D eigenvalue weighted by molar-refractivity contribution is 9.10. The number of ketones is 1. The molecule has 0 bridgehead atoms. The fourth-order valence-corrected chi connectivity index (χ4v) is 1.36. The predicted molar refractivity (Wildman–Crippen MR) is 57.3 cm³/mol. The Bertz CT molecular complexity index is 319. The Morgan fingerprint density at radius 1 is 1.31 bits per heavy atom. The van der Waals surface area contributed by atoms with Gasteiger partial charge in [-0.25, -0.2) is 0 Å². The largest absolute Gasteiger partial charge is 0.302 e. The van der Waals surface area contributed by atoms with E-state index in [1.165, 1.54) is 0 Å². The molecule has 0 aromatic heterocycles. The molecule has 1 atom stereocenters. The molecule has 2 nitrogen and oxygen atoms in total. The molecule has 0 amide bonds. The first kappa shape index (κ1) is 10.6. The van der Waals surface area contributed by atoms with Crippen LogP contribution in [0.1, 0.15) is 10.4 Å². The van der Waals surface area contributed by atoms with Crippen LogP contribution in [0.5, 0.6) is 0 Å². The maximum Gasteiger partial charge on any atom is 0.183 e. The van der Waals surface area contributed by atoms with E-state index in [-0.39, 0.29) is 5.78 Å². The van der Waals surface area contributed by atoms with Gasteiger partial charge in [0.15, 0.2) is 5.78 Å². The molecule has 1 unspecified atom stereocenters. The first-order chi connectivity index (χ1) is 6.15. The van der Waals surface area contributed by atoms with Crippen molar-refractivity contribution in [1.29, 1.82) is 0 Å². The quantitative estimate of drug-likeness (QED) is 0.372. The van der Waals surface area contributed by atoms with E-state index in [9.17, 15) is 9.59 Å². The molecule has 1 rings (SSSR count). The molecular formula is C9H6Br2O2. The number of Topliss-reactive ketones (excluding diaryl/α,β-unsaturated/α-hetero) is 1. The summed E-state index contributed by atoms with van der Waals surface area (Å²) in [5, 5.41) is 0. The maximum atomic E-state index is 11.4. The first-order valence-electron chi connectivity index (χ1n) is 3.54. The van der Waals surface area contributed by atoms with Crippen LogP contribution in [0.3, 0.4) is 0 Å². The standard InChI is InChI=1S/C9H6Br2O2/c10-7-3-1-6(2-4-7)9(13)8(11)5-12/h1-5,8H. The minimum atomic E-state index is -0.742. The number of hydrogen-bond donors (Lipinski definition) is 0. The summed E-state index contributed by atoms with van der Waals surface area (Å²) in [6.45, 7) is 0. The number of halogens is 2. The van der Waals surface area contributed by atoms with Gasteiger partial charge in [-0.3, -0.25) is 4.79 Å². The molecular weight excluding hydrogens is 300 g/mol. The fourth-order valence-electron chi connectivity index (χ4n) is 0.835. The normalized spacial score (nSPS) is 12.2. The van der Waals surface area contributed by atoms with Crippen LogP contribution in [0.2, 0.25) is 0 Å². The lowest BCUT2D eigenvalue weighted by molar-refractivity contribution is -0.106. The molecule has 0 aliphatic rings. The Labute approximate surface area is 92.6 Å². The molecule has 1 aromatic rings. The second kappa shape index (κ2) is 4.67. The minimum absolute atomic E-state index is 0.220. The van der Waals surface area contributed by atoms with E-state index >= 15 is 0 Å². The first-order valence-corrected chi connectivity index (χ1v) is 5.25. The number of rotatable bonds is 3. The van der Waals surface area contributed by atoms with Gasteiger partial charge in [0.1, 0.15) is 11.1 Å². The second-order valence-electron chi connectivity index (χ2n) is 2.41. The van der Waals surface area contributed by atoms with Gasteiger partial charge >= 0.3 is 0 Å². The predicted octanol–water partition coefficient (Wildman–Crippen LogP) is 2.59. The number of carbonyl (C=O) groups excluding carboxylic acids is 2. The summed E-state index contributed by atoms with van der Waals surface area (Å²) in [5.74, 6) is -0.220. The van der Waals surface area contributed by atoms with Crippen LogP contribution in [-0.2, 0) is 4.79 Å². The summed E-state index contributed by atoms with van der Waals surface area (Å²) in [5.41, 5.74) is 0.525. The van der Waals surface area contributed by atoms with Crippen LogP contribution in [-0.4, -0.2) is 16.9 Å².